The molecule has 0 aliphatic carbocycles. The highest BCUT2D eigenvalue weighted by atomic mass is 16.3. The molecule has 0 aromatic heterocycles. The first kappa shape index (κ1) is 10.9. The summed E-state index contributed by atoms with van der Waals surface area (Å²) in [5.41, 5.74) is 0.727. The van der Waals surface area contributed by atoms with Gasteiger partial charge in [0.25, 0.3) is 0 Å². The molecule has 0 aliphatic rings. The lowest BCUT2D eigenvalue weighted by Gasteiger charge is -1.98. The Labute approximate surface area is 73.0 Å². The summed E-state index contributed by atoms with van der Waals surface area (Å²) in [6.45, 7) is 4.23. The van der Waals surface area contributed by atoms with Crippen molar-refractivity contribution in [2.45, 2.75) is 12.8 Å². The quantitative estimate of drug-likeness (QED) is 0.267. The van der Waals surface area contributed by atoms with Crippen molar-refractivity contribution >= 4 is 0 Å². The second kappa shape index (κ2) is 7.99. The Bertz CT molecular complexity index is 191. The molecule has 3 nitrogen and oxygen atoms in total. The Hall–Kier alpha value is -1.11. The van der Waals surface area contributed by atoms with E-state index in [1.807, 2.05) is 0 Å². The highest BCUT2D eigenvalue weighted by Crippen LogP contribution is 2.02. The van der Waals surface area contributed by atoms with Crippen molar-refractivity contribution in [3.05, 3.63) is 24.3 Å². The molecule has 0 spiro atoms. The van der Waals surface area contributed by atoms with E-state index < -0.39 is 0 Å². The molecule has 0 atom stereocenters. The summed E-state index contributed by atoms with van der Waals surface area (Å²) < 4.78 is 0. The minimum Gasteiger partial charge on any atom is -0.381 e. The number of hydrogen-bond donors (Lipinski definition) is 2. The minimum atomic E-state index is -0.00689. The molecule has 12 heavy (non-hydrogen) atoms. The summed E-state index contributed by atoms with van der Waals surface area (Å²) in [6, 6.07) is 2.08. The van der Waals surface area contributed by atoms with E-state index >= 15 is 0 Å². The molecule has 0 saturated carbocycles. The maximum atomic E-state index is 8.58. The maximum absolute atomic E-state index is 8.58. The van der Waals surface area contributed by atoms with E-state index in [1.165, 1.54) is 0 Å². The van der Waals surface area contributed by atoms with Gasteiger partial charge in [0.2, 0.25) is 0 Å². The van der Waals surface area contributed by atoms with Crippen molar-refractivity contribution in [1.29, 1.82) is 5.26 Å². The van der Waals surface area contributed by atoms with Gasteiger partial charge in [-0.1, -0.05) is 12.7 Å². The van der Waals surface area contributed by atoms with Gasteiger partial charge in [0.15, 0.2) is 0 Å². The van der Waals surface area contributed by atoms with Gasteiger partial charge in [0.1, 0.15) is 0 Å². The lowest BCUT2D eigenvalue weighted by Crippen LogP contribution is -2.15. The summed E-state index contributed by atoms with van der Waals surface area (Å²) in [6.07, 6.45) is 4.90. The Morgan fingerprint density at radius 3 is 2.92 bits per heavy atom. The van der Waals surface area contributed by atoms with Crippen molar-refractivity contribution in [1.82, 2.24) is 5.32 Å². The molecule has 3 heteroatoms. The zero-order valence-corrected chi connectivity index (χ0v) is 7.08. The van der Waals surface area contributed by atoms with Crippen LogP contribution in [0.1, 0.15) is 12.8 Å². The van der Waals surface area contributed by atoms with E-state index in [0.717, 1.165) is 25.0 Å². The molecule has 0 saturated heterocycles. The third kappa shape index (κ3) is 5.66. The number of nitriles is 1. The zero-order valence-electron chi connectivity index (χ0n) is 7.08. The van der Waals surface area contributed by atoms with E-state index in [9.17, 15) is 0 Å². The van der Waals surface area contributed by atoms with Gasteiger partial charge < -0.3 is 5.11 Å². The van der Waals surface area contributed by atoms with Crippen LogP contribution in [-0.2, 0) is 0 Å². The topological polar surface area (TPSA) is 56.0 Å². The molecular weight excluding hydrogens is 152 g/mol. The van der Waals surface area contributed by atoms with Crippen molar-refractivity contribution in [2.24, 2.45) is 0 Å². The number of nitrogens with one attached hydrogen (secondary N) is 1. The number of aliphatic hydroxyl groups is 1. The van der Waals surface area contributed by atoms with Crippen LogP contribution in [0.25, 0.3) is 0 Å². The third-order valence-corrected chi connectivity index (χ3v) is 1.37. The van der Waals surface area contributed by atoms with Gasteiger partial charge in [-0.3, -0.25) is 5.32 Å². The molecule has 66 valence electrons. The summed E-state index contributed by atoms with van der Waals surface area (Å²) in [7, 11) is 0. The molecule has 0 amide bonds. The fourth-order valence-electron chi connectivity index (χ4n) is 0.802. The van der Waals surface area contributed by atoms with Crippen LogP contribution in [0.4, 0.5) is 0 Å². The SMILES string of the molecule is C=C/C=C(/C#N)CCCNCO. The van der Waals surface area contributed by atoms with Crippen LogP contribution in [0.5, 0.6) is 0 Å². The van der Waals surface area contributed by atoms with Crippen molar-refractivity contribution in [3.8, 4) is 6.07 Å². The first-order valence-corrected chi connectivity index (χ1v) is 3.88. The van der Waals surface area contributed by atoms with Gasteiger partial charge in [0.05, 0.1) is 12.8 Å². The lowest BCUT2D eigenvalue weighted by molar-refractivity contribution is 0.260. The van der Waals surface area contributed by atoms with Gasteiger partial charge in [0, 0.05) is 5.57 Å². The van der Waals surface area contributed by atoms with E-state index in [4.69, 9.17) is 10.4 Å². The second-order valence-electron chi connectivity index (χ2n) is 2.30. The Kier molecular flexibility index (Phi) is 7.25. The van der Waals surface area contributed by atoms with Crippen LogP contribution in [0.2, 0.25) is 0 Å². The van der Waals surface area contributed by atoms with E-state index in [-0.39, 0.29) is 6.73 Å². The zero-order chi connectivity index (χ0) is 9.23. The average molecular weight is 166 g/mol. The van der Waals surface area contributed by atoms with Gasteiger partial charge in [-0.05, 0) is 25.5 Å². The van der Waals surface area contributed by atoms with E-state index in [0.29, 0.717) is 0 Å². The lowest BCUT2D eigenvalue weighted by atomic mass is 10.1. The van der Waals surface area contributed by atoms with Gasteiger partial charge in [-0.2, -0.15) is 5.26 Å². The van der Waals surface area contributed by atoms with Gasteiger partial charge in [-0.25, -0.2) is 0 Å². The molecule has 0 bridgehead atoms. The highest BCUT2D eigenvalue weighted by Gasteiger charge is 1.93. The number of hydrogen-bond acceptors (Lipinski definition) is 3. The van der Waals surface area contributed by atoms with Crippen molar-refractivity contribution < 1.29 is 5.11 Å². The number of nitrogens with zero attached hydrogens (tertiary/aromatic N) is 1. The fraction of sp³-hybridized carbons (Fsp3) is 0.444. The largest absolute Gasteiger partial charge is 0.381 e. The first-order valence-electron chi connectivity index (χ1n) is 3.88. The Morgan fingerprint density at radius 2 is 2.42 bits per heavy atom. The molecule has 2 N–H and O–H groups in total. The number of rotatable bonds is 6. The normalized spacial score (nSPS) is 10.8. The first-order chi connectivity index (χ1) is 5.85. The molecule has 0 aromatic carbocycles. The van der Waals surface area contributed by atoms with Crippen molar-refractivity contribution in [3.63, 3.8) is 0 Å². The number of allylic oxidation sites excluding steroid dienone is 3. The Balaban J connectivity index is 3.54. The van der Waals surface area contributed by atoms with Gasteiger partial charge >= 0.3 is 0 Å². The van der Waals surface area contributed by atoms with Crippen LogP contribution in [0.3, 0.4) is 0 Å². The predicted octanol–water partition coefficient (Wildman–Crippen LogP) is 0.942. The van der Waals surface area contributed by atoms with E-state index in [1.54, 1.807) is 12.2 Å². The second-order valence-corrected chi connectivity index (χ2v) is 2.30. The molecule has 0 radical (unpaired) electrons. The molecule has 0 aliphatic heterocycles. The standard InChI is InChI=1S/C9H14N2O/c1-2-4-9(7-10)5-3-6-11-8-12/h2,4,11-12H,1,3,5-6,8H2/b9-4+. The molecule has 0 heterocycles. The average Bonchev–Trinajstić information content (AvgIpc) is 2.10. The fourth-order valence-corrected chi connectivity index (χ4v) is 0.802. The molecule has 0 fully saturated rings. The predicted molar refractivity (Wildman–Crippen MR) is 48.2 cm³/mol. The smallest absolute Gasteiger partial charge is 0.0947 e. The van der Waals surface area contributed by atoms with Crippen LogP contribution >= 0.6 is 0 Å². The summed E-state index contributed by atoms with van der Waals surface area (Å²) in [5, 5.41) is 19.7. The van der Waals surface area contributed by atoms with Crippen LogP contribution in [-0.4, -0.2) is 18.4 Å². The molecule has 0 rings (SSSR count). The minimum absolute atomic E-state index is 0.00689. The highest BCUT2D eigenvalue weighted by molar-refractivity contribution is 5.24. The summed E-state index contributed by atoms with van der Waals surface area (Å²) >= 11 is 0. The third-order valence-electron chi connectivity index (χ3n) is 1.37. The monoisotopic (exact) mass is 166 g/mol. The molecule has 0 unspecified atom stereocenters. The van der Waals surface area contributed by atoms with Crippen LogP contribution in [0.15, 0.2) is 24.3 Å². The van der Waals surface area contributed by atoms with E-state index in [2.05, 4.69) is 18.0 Å². The molecular formula is C9H14N2O. The van der Waals surface area contributed by atoms with Crippen LogP contribution in [0, 0.1) is 11.3 Å². The molecule has 0 aromatic rings. The Morgan fingerprint density at radius 1 is 1.67 bits per heavy atom. The number of aliphatic hydroxyl groups excluding tert-OH is 1. The maximum Gasteiger partial charge on any atom is 0.0947 e. The van der Waals surface area contributed by atoms with Crippen LogP contribution < -0.4 is 5.32 Å². The summed E-state index contributed by atoms with van der Waals surface area (Å²) in [4.78, 5) is 0. The summed E-state index contributed by atoms with van der Waals surface area (Å²) in [5.74, 6) is 0. The van der Waals surface area contributed by atoms with Gasteiger partial charge in [-0.15, -0.1) is 0 Å². The van der Waals surface area contributed by atoms with Crippen molar-refractivity contribution in [2.75, 3.05) is 13.3 Å².